The topological polar surface area (TPSA) is 106 Å². The lowest BCUT2D eigenvalue weighted by molar-refractivity contribution is 0.594. The van der Waals surface area contributed by atoms with Crippen molar-refractivity contribution in [2.45, 2.75) is 41.4 Å². The predicted octanol–water partition coefficient (Wildman–Crippen LogP) is 2.47. The van der Waals surface area contributed by atoms with Crippen molar-refractivity contribution in [3.8, 4) is 0 Å². The van der Waals surface area contributed by atoms with Crippen LogP contribution in [0.1, 0.15) is 24.5 Å². The van der Waals surface area contributed by atoms with E-state index in [9.17, 15) is 16.8 Å². The zero-order valence-electron chi connectivity index (χ0n) is 14.4. The fraction of sp³-hybridized carbons (Fsp3) is 0.294. The fourth-order valence-corrected chi connectivity index (χ4v) is 4.89. The van der Waals surface area contributed by atoms with Crippen molar-refractivity contribution >= 4 is 25.5 Å². The Morgan fingerprint density at radius 2 is 1.60 bits per heavy atom. The van der Waals surface area contributed by atoms with Gasteiger partial charge in [-0.15, -0.1) is 0 Å². The SMILES string of the molecule is CCCc1cc(S(=O)(=O)c2ccc(NC)cc2)cc(S(N)(=O)=O)c1C. The Morgan fingerprint density at radius 3 is 2.08 bits per heavy atom. The summed E-state index contributed by atoms with van der Waals surface area (Å²) in [5.74, 6) is 0. The average molecular weight is 383 g/mol. The van der Waals surface area contributed by atoms with E-state index in [4.69, 9.17) is 5.14 Å². The van der Waals surface area contributed by atoms with Gasteiger partial charge in [0, 0.05) is 12.7 Å². The fourth-order valence-electron chi connectivity index (χ4n) is 2.63. The van der Waals surface area contributed by atoms with Crippen LogP contribution in [0, 0.1) is 6.92 Å². The third-order valence-electron chi connectivity index (χ3n) is 4.03. The molecule has 136 valence electrons. The first-order chi connectivity index (χ1) is 11.6. The highest BCUT2D eigenvalue weighted by atomic mass is 32.2. The molecule has 0 heterocycles. The van der Waals surface area contributed by atoms with Crippen molar-refractivity contribution in [1.29, 1.82) is 0 Å². The van der Waals surface area contributed by atoms with Gasteiger partial charge < -0.3 is 5.32 Å². The Labute approximate surface area is 149 Å². The highest BCUT2D eigenvalue weighted by Gasteiger charge is 2.23. The highest BCUT2D eigenvalue weighted by Crippen LogP contribution is 2.29. The minimum Gasteiger partial charge on any atom is -0.388 e. The largest absolute Gasteiger partial charge is 0.388 e. The number of rotatable bonds is 6. The number of hydrogen-bond acceptors (Lipinski definition) is 5. The van der Waals surface area contributed by atoms with Crippen molar-refractivity contribution in [1.82, 2.24) is 0 Å². The van der Waals surface area contributed by atoms with Crippen molar-refractivity contribution in [2.75, 3.05) is 12.4 Å². The van der Waals surface area contributed by atoms with E-state index in [0.29, 0.717) is 17.5 Å². The molecule has 0 radical (unpaired) electrons. The molecular weight excluding hydrogens is 360 g/mol. The molecule has 0 amide bonds. The summed E-state index contributed by atoms with van der Waals surface area (Å²) in [5, 5.41) is 8.20. The van der Waals surface area contributed by atoms with Crippen LogP contribution < -0.4 is 10.5 Å². The molecule has 2 rings (SSSR count). The van der Waals surface area contributed by atoms with Gasteiger partial charge in [-0.1, -0.05) is 13.3 Å². The number of sulfone groups is 1. The molecule has 0 unspecified atom stereocenters. The van der Waals surface area contributed by atoms with E-state index in [1.54, 1.807) is 26.1 Å². The number of aryl methyl sites for hydroxylation is 1. The molecule has 0 aromatic heterocycles. The molecule has 0 atom stereocenters. The van der Waals surface area contributed by atoms with Crippen LogP contribution >= 0.6 is 0 Å². The lowest BCUT2D eigenvalue weighted by atomic mass is 10.0. The first kappa shape index (κ1) is 19.4. The molecule has 3 N–H and O–H groups in total. The van der Waals surface area contributed by atoms with E-state index in [-0.39, 0.29) is 14.7 Å². The van der Waals surface area contributed by atoms with Crippen molar-refractivity contribution < 1.29 is 16.8 Å². The molecular formula is C17H22N2O4S2. The maximum Gasteiger partial charge on any atom is 0.238 e. The zero-order chi connectivity index (χ0) is 18.8. The number of primary sulfonamides is 1. The standard InChI is InChI=1S/C17H22N2O4S2/c1-4-5-13-10-16(11-17(12(13)2)25(18,22)23)24(20,21)15-8-6-14(19-3)7-9-15/h6-11,19H,4-5H2,1-3H3,(H2,18,22,23). The second kappa shape index (κ2) is 7.15. The van der Waals surface area contributed by atoms with Crippen LogP contribution in [0.4, 0.5) is 5.69 Å². The molecule has 2 aromatic carbocycles. The van der Waals surface area contributed by atoms with Gasteiger partial charge >= 0.3 is 0 Å². The van der Waals surface area contributed by atoms with Gasteiger partial charge in [0.25, 0.3) is 0 Å². The molecule has 8 heteroatoms. The minimum atomic E-state index is -4.02. The van der Waals surface area contributed by atoms with Crippen LogP contribution in [-0.4, -0.2) is 23.9 Å². The summed E-state index contributed by atoms with van der Waals surface area (Å²) in [5.41, 5.74) is 1.94. The highest BCUT2D eigenvalue weighted by molar-refractivity contribution is 7.91. The second-order valence-corrected chi connectivity index (χ2v) is 9.26. The maximum absolute atomic E-state index is 12.9. The van der Waals surface area contributed by atoms with Gasteiger partial charge in [0.05, 0.1) is 14.7 Å². The van der Waals surface area contributed by atoms with Gasteiger partial charge in [-0.3, -0.25) is 0 Å². The van der Waals surface area contributed by atoms with Crippen molar-refractivity contribution in [3.63, 3.8) is 0 Å². The van der Waals surface area contributed by atoms with Crippen LogP contribution in [0.25, 0.3) is 0 Å². The third kappa shape index (κ3) is 4.02. The van der Waals surface area contributed by atoms with Crippen LogP contribution in [0.2, 0.25) is 0 Å². The zero-order valence-corrected chi connectivity index (χ0v) is 16.0. The second-order valence-electron chi connectivity index (χ2n) is 5.78. The molecule has 25 heavy (non-hydrogen) atoms. The van der Waals surface area contributed by atoms with E-state index >= 15 is 0 Å². The lowest BCUT2D eigenvalue weighted by Crippen LogP contribution is -2.16. The van der Waals surface area contributed by atoms with E-state index < -0.39 is 19.9 Å². The minimum absolute atomic E-state index is 0.0669. The predicted molar refractivity (Wildman–Crippen MR) is 98.0 cm³/mol. The third-order valence-corrected chi connectivity index (χ3v) is 6.82. The van der Waals surface area contributed by atoms with Gasteiger partial charge in [-0.2, -0.15) is 0 Å². The van der Waals surface area contributed by atoms with Crippen molar-refractivity contribution in [2.24, 2.45) is 5.14 Å². The van der Waals surface area contributed by atoms with E-state index in [1.165, 1.54) is 18.2 Å². The van der Waals surface area contributed by atoms with Crippen LogP contribution in [0.5, 0.6) is 0 Å². The molecule has 0 aliphatic heterocycles. The summed E-state index contributed by atoms with van der Waals surface area (Å²) in [6.07, 6.45) is 1.32. The van der Waals surface area contributed by atoms with Gasteiger partial charge in [0.2, 0.25) is 19.9 Å². The Hall–Kier alpha value is -1.90. The molecule has 0 saturated carbocycles. The molecule has 0 aliphatic carbocycles. The Balaban J connectivity index is 2.69. The van der Waals surface area contributed by atoms with Gasteiger partial charge in [-0.05, 0) is 60.9 Å². The number of nitrogens with two attached hydrogens (primary N) is 1. The summed E-state index contributed by atoms with van der Waals surface area (Å²) in [6.45, 7) is 3.58. The smallest absolute Gasteiger partial charge is 0.238 e. The summed E-state index contributed by atoms with van der Waals surface area (Å²) in [4.78, 5) is -0.121. The molecule has 0 fully saturated rings. The van der Waals surface area contributed by atoms with Gasteiger partial charge in [-0.25, -0.2) is 22.0 Å². The molecule has 6 nitrogen and oxygen atoms in total. The van der Waals surface area contributed by atoms with E-state index in [2.05, 4.69) is 5.32 Å². The molecule has 0 bridgehead atoms. The first-order valence-electron chi connectivity index (χ1n) is 7.80. The summed E-state index contributed by atoms with van der Waals surface area (Å²) < 4.78 is 49.6. The van der Waals surface area contributed by atoms with E-state index in [0.717, 1.165) is 18.2 Å². The Kier molecular flexibility index (Phi) is 5.55. The molecule has 2 aromatic rings. The number of sulfonamides is 1. The number of nitrogens with one attached hydrogen (secondary N) is 1. The summed E-state index contributed by atoms with van der Waals surface area (Å²) in [6, 6.07) is 8.94. The van der Waals surface area contributed by atoms with Gasteiger partial charge in [0.1, 0.15) is 0 Å². The Morgan fingerprint density at radius 1 is 1.00 bits per heavy atom. The normalized spacial score (nSPS) is 12.2. The van der Waals surface area contributed by atoms with Crippen LogP contribution in [-0.2, 0) is 26.3 Å². The maximum atomic E-state index is 12.9. The lowest BCUT2D eigenvalue weighted by Gasteiger charge is -2.14. The number of hydrogen-bond donors (Lipinski definition) is 2. The van der Waals surface area contributed by atoms with E-state index in [1.807, 2.05) is 6.92 Å². The van der Waals surface area contributed by atoms with Gasteiger partial charge in [0.15, 0.2) is 0 Å². The van der Waals surface area contributed by atoms with Crippen molar-refractivity contribution in [3.05, 3.63) is 47.5 Å². The quantitative estimate of drug-likeness (QED) is 0.798. The number of anilines is 1. The Bertz CT molecular complexity index is 980. The monoisotopic (exact) mass is 382 g/mol. The van der Waals surface area contributed by atoms with Crippen LogP contribution in [0.3, 0.4) is 0 Å². The first-order valence-corrected chi connectivity index (χ1v) is 10.8. The average Bonchev–Trinajstić information content (AvgIpc) is 2.55. The molecule has 0 spiro atoms. The van der Waals surface area contributed by atoms with Crippen LogP contribution in [0.15, 0.2) is 51.1 Å². The molecule has 0 saturated heterocycles. The number of benzene rings is 2. The molecule has 0 aliphatic rings. The summed E-state index contributed by atoms with van der Waals surface area (Å²) in [7, 11) is -6.14. The summed E-state index contributed by atoms with van der Waals surface area (Å²) >= 11 is 0.